The molecule has 6 nitrogen and oxygen atoms in total. The van der Waals surface area contributed by atoms with Gasteiger partial charge in [0.25, 0.3) is 5.19 Å². The highest BCUT2D eigenvalue weighted by atomic mass is 33.1. The maximum Gasteiger partial charge on any atom is 0.413 e. The highest BCUT2D eigenvalue weighted by molar-refractivity contribution is 8.87. The van der Waals surface area contributed by atoms with Gasteiger partial charge in [0.15, 0.2) is 5.69 Å². The lowest BCUT2D eigenvalue weighted by atomic mass is 10.6. The predicted molar refractivity (Wildman–Crippen MR) is 73.5 cm³/mol. The summed E-state index contributed by atoms with van der Waals surface area (Å²) in [4.78, 5) is 3.86. The van der Waals surface area contributed by atoms with E-state index in [0.29, 0.717) is 13.2 Å². The maximum atomic E-state index is 12.3. The Balaban J connectivity index is 2.71. The van der Waals surface area contributed by atoms with Crippen LogP contribution in [0.3, 0.4) is 0 Å². The van der Waals surface area contributed by atoms with Crippen LogP contribution in [-0.2, 0) is 12.9 Å². The van der Waals surface area contributed by atoms with E-state index in [9.17, 15) is 4.57 Å². The van der Waals surface area contributed by atoms with Gasteiger partial charge in [0, 0.05) is 5.38 Å². The van der Waals surface area contributed by atoms with Gasteiger partial charge in [-0.25, -0.2) is 4.57 Å². The third kappa shape index (κ3) is 5.18. The van der Waals surface area contributed by atoms with Crippen LogP contribution in [-0.4, -0.2) is 18.2 Å². The Hall–Kier alpha value is -0.230. The summed E-state index contributed by atoms with van der Waals surface area (Å²) in [7, 11) is 0. The van der Waals surface area contributed by atoms with Gasteiger partial charge in [0.1, 0.15) is 29.4 Å². The van der Waals surface area contributed by atoms with Crippen molar-refractivity contribution in [1.82, 2.24) is 4.98 Å². The second-order valence-electron chi connectivity index (χ2n) is 2.61. The van der Waals surface area contributed by atoms with E-state index in [4.69, 9.17) is 18.2 Å². The number of thiazole rings is 1. The molecule has 1 aromatic heterocycles. The number of rotatable bonds is 8. The molecule has 0 aliphatic rings. The van der Waals surface area contributed by atoms with Gasteiger partial charge in [-0.3, -0.25) is 0 Å². The summed E-state index contributed by atoms with van der Waals surface area (Å²) in [6.07, 6.45) is 0. The second kappa shape index (κ2) is 8.04. The van der Waals surface area contributed by atoms with Gasteiger partial charge in [0.05, 0.1) is 13.2 Å². The smallest absolute Gasteiger partial charge is 0.398 e. The maximum absolute atomic E-state index is 12.3. The van der Waals surface area contributed by atoms with E-state index in [1.165, 1.54) is 5.38 Å². The van der Waals surface area contributed by atoms with Gasteiger partial charge >= 0.3 is 5.77 Å². The second-order valence-corrected chi connectivity index (χ2v) is 9.75. The fraction of sp³-hybridized carbons (Fsp3) is 0.500. The zero-order valence-corrected chi connectivity index (χ0v) is 13.0. The van der Waals surface area contributed by atoms with Crippen molar-refractivity contribution in [2.45, 2.75) is 13.8 Å². The van der Waals surface area contributed by atoms with E-state index in [-0.39, 0.29) is 10.9 Å². The summed E-state index contributed by atoms with van der Waals surface area (Å²) in [5, 5.41) is 10.3. The number of hydrogen-bond donors (Lipinski definition) is 0. The van der Waals surface area contributed by atoms with Crippen LogP contribution >= 0.6 is 40.4 Å². The fourth-order valence-corrected chi connectivity index (χ4v) is 5.84. The molecule has 18 heavy (non-hydrogen) atoms. The molecule has 0 radical (unpaired) electrons. The van der Waals surface area contributed by atoms with Crippen molar-refractivity contribution in [2.75, 3.05) is 13.2 Å². The SMILES string of the molecule is CCOSP(=O)(Oc1nc(C#N)cs1)SOCC. The average Bonchev–Trinajstić information content (AvgIpc) is 2.81. The lowest BCUT2D eigenvalue weighted by molar-refractivity contribution is 0.398. The average molecular weight is 326 g/mol. The Labute approximate surface area is 117 Å². The minimum atomic E-state index is -3.24. The van der Waals surface area contributed by atoms with E-state index in [0.717, 1.165) is 34.7 Å². The van der Waals surface area contributed by atoms with Crippen LogP contribution in [0.1, 0.15) is 19.5 Å². The van der Waals surface area contributed by atoms with Crippen molar-refractivity contribution in [3.05, 3.63) is 11.1 Å². The lowest BCUT2D eigenvalue weighted by Crippen LogP contribution is -1.90. The molecular formula is C8H11N2O4PS3. The fourth-order valence-electron chi connectivity index (χ4n) is 0.724. The van der Waals surface area contributed by atoms with Crippen LogP contribution in [0.15, 0.2) is 5.38 Å². The van der Waals surface area contributed by atoms with E-state index in [2.05, 4.69) is 4.98 Å². The Bertz CT molecular complexity index is 449. The third-order valence-electron chi connectivity index (χ3n) is 1.31. The molecule has 0 spiro atoms. The molecule has 0 fully saturated rings. The van der Waals surface area contributed by atoms with Crippen molar-refractivity contribution in [3.63, 3.8) is 0 Å². The normalized spacial score (nSPS) is 11.2. The van der Waals surface area contributed by atoms with Crippen LogP contribution in [0, 0.1) is 11.3 Å². The molecule has 0 bridgehead atoms. The molecule has 1 heterocycles. The molecule has 0 aliphatic carbocycles. The molecule has 100 valence electrons. The van der Waals surface area contributed by atoms with E-state index in [1.807, 2.05) is 6.07 Å². The van der Waals surface area contributed by atoms with Gasteiger partial charge in [-0.1, -0.05) is 11.3 Å². The van der Waals surface area contributed by atoms with Crippen molar-refractivity contribution in [3.8, 4) is 11.3 Å². The molecule has 0 aromatic carbocycles. The summed E-state index contributed by atoms with van der Waals surface area (Å²) >= 11 is 2.56. The van der Waals surface area contributed by atoms with Gasteiger partial charge in [-0.15, -0.1) is 0 Å². The predicted octanol–water partition coefficient (Wildman–Crippen LogP) is 3.87. The first-order valence-electron chi connectivity index (χ1n) is 4.91. The number of nitrogens with zero attached hydrogens (tertiary/aromatic N) is 2. The summed E-state index contributed by atoms with van der Waals surface area (Å²) in [5.41, 5.74) is 0.226. The third-order valence-corrected chi connectivity index (χ3v) is 6.87. The van der Waals surface area contributed by atoms with Crippen molar-refractivity contribution >= 4 is 40.4 Å². The topological polar surface area (TPSA) is 81.4 Å². The summed E-state index contributed by atoms with van der Waals surface area (Å²) in [6.45, 7) is 4.34. The van der Waals surface area contributed by atoms with Crippen LogP contribution in [0.5, 0.6) is 5.19 Å². The molecule has 0 unspecified atom stereocenters. The monoisotopic (exact) mass is 326 g/mol. The molecule has 0 aliphatic heterocycles. The Morgan fingerprint density at radius 2 is 2.06 bits per heavy atom. The van der Waals surface area contributed by atoms with Crippen LogP contribution in [0.4, 0.5) is 0 Å². The molecule has 1 rings (SSSR count). The van der Waals surface area contributed by atoms with Crippen LogP contribution in [0.25, 0.3) is 0 Å². The van der Waals surface area contributed by atoms with E-state index in [1.54, 1.807) is 13.8 Å². The van der Waals surface area contributed by atoms with Crippen molar-refractivity contribution in [1.29, 1.82) is 5.26 Å². The van der Waals surface area contributed by atoms with Gasteiger partial charge in [-0.2, -0.15) is 10.2 Å². The number of aromatic nitrogens is 1. The molecular weight excluding hydrogens is 315 g/mol. The standard InChI is InChI=1S/C8H11N2O4PS3/c1-3-12-17-15(11,18-13-4-2)14-8-10-7(5-9)6-16-8/h6H,3-4H2,1-2H3. The molecule has 0 saturated heterocycles. The first kappa shape index (κ1) is 15.8. The molecule has 1 aromatic rings. The zero-order valence-electron chi connectivity index (χ0n) is 9.69. The molecule has 0 N–H and O–H groups in total. The summed E-state index contributed by atoms with van der Waals surface area (Å²) < 4.78 is 27.7. The quantitative estimate of drug-likeness (QED) is 0.526. The summed E-state index contributed by atoms with van der Waals surface area (Å²) in [6, 6.07) is 1.87. The van der Waals surface area contributed by atoms with E-state index < -0.39 is 5.77 Å². The molecule has 0 amide bonds. The largest absolute Gasteiger partial charge is 0.413 e. The van der Waals surface area contributed by atoms with E-state index >= 15 is 0 Å². The zero-order chi connectivity index (χ0) is 13.4. The first-order valence-corrected chi connectivity index (χ1v) is 10.1. The van der Waals surface area contributed by atoms with Gasteiger partial charge < -0.3 is 12.9 Å². The van der Waals surface area contributed by atoms with Crippen molar-refractivity contribution in [2.24, 2.45) is 0 Å². The van der Waals surface area contributed by atoms with Gasteiger partial charge in [0.2, 0.25) is 0 Å². The minimum Gasteiger partial charge on any atom is -0.398 e. The highest BCUT2D eigenvalue weighted by Crippen LogP contribution is 2.69. The lowest BCUT2D eigenvalue weighted by Gasteiger charge is -2.13. The number of hydrogen-bond acceptors (Lipinski definition) is 9. The Morgan fingerprint density at radius 3 is 2.50 bits per heavy atom. The van der Waals surface area contributed by atoms with Crippen molar-refractivity contribution < 1.29 is 17.5 Å². The molecule has 0 atom stereocenters. The molecule has 0 saturated carbocycles. The van der Waals surface area contributed by atoms with Gasteiger partial charge in [-0.05, 0) is 13.8 Å². The van der Waals surface area contributed by atoms with Crippen LogP contribution in [0.2, 0.25) is 0 Å². The Morgan fingerprint density at radius 1 is 1.44 bits per heavy atom. The first-order chi connectivity index (χ1) is 8.63. The highest BCUT2D eigenvalue weighted by Gasteiger charge is 2.31. The minimum absolute atomic E-state index is 0.161. The summed E-state index contributed by atoms with van der Waals surface area (Å²) in [5.74, 6) is -3.24. The number of nitriles is 1. The van der Waals surface area contributed by atoms with Crippen LogP contribution < -0.4 is 4.52 Å². The molecule has 10 heteroatoms. The Kier molecular flexibility index (Phi) is 7.07.